The zero-order valence-corrected chi connectivity index (χ0v) is 16.5. The van der Waals surface area contributed by atoms with Crippen molar-refractivity contribution in [3.63, 3.8) is 0 Å². The second-order valence-electron chi connectivity index (χ2n) is 7.73. The number of benzene rings is 2. The summed E-state index contributed by atoms with van der Waals surface area (Å²) in [5.74, 6) is -0.338. The van der Waals surface area contributed by atoms with Crippen LogP contribution in [-0.4, -0.2) is 40.8 Å². The van der Waals surface area contributed by atoms with Gasteiger partial charge in [-0.3, -0.25) is 14.5 Å². The Morgan fingerprint density at radius 3 is 2.59 bits per heavy atom. The molecule has 1 aliphatic rings. The molecule has 1 saturated heterocycles. The highest BCUT2D eigenvalue weighted by molar-refractivity contribution is 5.93. The molecule has 1 aromatic heterocycles. The number of nitrogens with one attached hydrogen (secondary N) is 2. The first kappa shape index (κ1) is 19.2. The number of carbonyl (C=O) groups is 2. The highest BCUT2D eigenvalue weighted by Gasteiger charge is 2.28. The summed E-state index contributed by atoms with van der Waals surface area (Å²) in [7, 11) is 0. The molecule has 4 N–H and O–H groups in total. The molecule has 2 aromatic carbocycles. The first-order valence-electron chi connectivity index (χ1n) is 10.0. The fraction of sp³-hybridized carbons (Fsp3) is 0.304. The van der Waals surface area contributed by atoms with Crippen LogP contribution < -0.4 is 11.1 Å². The normalized spacial score (nSPS) is 16.6. The fourth-order valence-corrected chi connectivity index (χ4v) is 3.97. The van der Waals surface area contributed by atoms with Gasteiger partial charge in [-0.05, 0) is 57.1 Å². The molecule has 1 unspecified atom stereocenters. The molecule has 3 aromatic rings. The third kappa shape index (κ3) is 4.17. The van der Waals surface area contributed by atoms with Crippen LogP contribution >= 0.6 is 0 Å². The molecule has 1 fully saturated rings. The van der Waals surface area contributed by atoms with Crippen LogP contribution in [0.3, 0.4) is 0 Å². The van der Waals surface area contributed by atoms with E-state index < -0.39 is 0 Å². The number of aromatic nitrogens is 1. The van der Waals surface area contributed by atoms with Gasteiger partial charge in [0.25, 0.3) is 0 Å². The number of primary amides is 1. The Kier molecular flexibility index (Phi) is 5.36. The number of nitrogens with zero attached hydrogens (tertiary/aromatic N) is 1. The van der Waals surface area contributed by atoms with E-state index in [2.05, 4.69) is 28.5 Å². The van der Waals surface area contributed by atoms with Crippen molar-refractivity contribution < 1.29 is 9.59 Å². The highest BCUT2D eigenvalue weighted by atomic mass is 16.2. The van der Waals surface area contributed by atoms with Gasteiger partial charge >= 0.3 is 0 Å². The number of piperidine rings is 1. The number of likely N-dealkylation sites (tertiary alicyclic amines) is 1. The molecule has 1 atom stereocenters. The van der Waals surface area contributed by atoms with Crippen molar-refractivity contribution in [3.05, 3.63) is 54.6 Å². The molecule has 6 heteroatoms. The molecule has 0 radical (unpaired) electrons. The van der Waals surface area contributed by atoms with Gasteiger partial charge in [0.15, 0.2) is 0 Å². The first-order valence-corrected chi connectivity index (χ1v) is 10.0. The Balaban J connectivity index is 1.42. The van der Waals surface area contributed by atoms with E-state index in [1.54, 1.807) is 0 Å². The van der Waals surface area contributed by atoms with E-state index in [0.717, 1.165) is 40.7 Å². The second kappa shape index (κ2) is 8.09. The zero-order valence-electron chi connectivity index (χ0n) is 16.5. The van der Waals surface area contributed by atoms with E-state index in [4.69, 9.17) is 5.73 Å². The Morgan fingerprint density at radius 2 is 1.86 bits per heavy atom. The standard InChI is InChI=1S/C23H26N4O2/c1-15(22(24)28)27-11-9-16(10-12-27)23(29)25-19-7-4-6-17(13-19)21-14-18-5-2-3-8-20(18)26-21/h2-8,13-16,26H,9-12H2,1H3,(H2,24,28)(H,25,29). The summed E-state index contributed by atoms with van der Waals surface area (Å²) < 4.78 is 0. The van der Waals surface area contributed by atoms with Gasteiger partial charge in [0.2, 0.25) is 11.8 Å². The van der Waals surface area contributed by atoms with Crippen molar-refractivity contribution in [2.75, 3.05) is 18.4 Å². The highest BCUT2D eigenvalue weighted by Crippen LogP contribution is 2.27. The maximum Gasteiger partial charge on any atom is 0.234 e. The number of H-pyrrole nitrogens is 1. The quantitative estimate of drug-likeness (QED) is 0.624. The van der Waals surface area contributed by atoms with Crippen molar-refractivity contribution in [2.45, 2.75) is 25.8 Å². The van der Waals surface area contributed by atoms with Crippen LogP contribution in [0, 0.1) is 5.92 Å². The number of fused-ring (bicyclic) bond motifs is 1. The predicted octanol–water partition coefficient (Wildman–Crippen LogP) is 3.36. The number of para-hydroxylation sites is 1. The molecule has 6 nitrogen and oxygen atoms in total. The summed E-state index contributed by atoms with van der Waals surface area (Å²) >= 11 is 0. The Bertz CT molecular complexity index is 1000. The Morgan fingerprint density at radius 1 is 1.10 bits per heavy atom. The van der Waals surface area contributed by atoms with E-state index in [1.807, 2.05) is 48.2 Å². The van der Waals surface area contributed by atoms with Gasteiger partial charge in [-0.1, -0.05) is 30.3 Å². The number of carbonyl (C=O) groups excluding carboxylic acids is 2. The molecule has 2 heterocycles. The zero-order chi connectivity index (χ0) is 20.4. The minimum atomic E-state index is -0.318. The molecule has 0 bridgehead atoms. The number of amides is 2. The van der Waals surface area contributed by atoms with Crippen LogP contribution in [0.25, 0.3) is 22.2 Å². The summed E-state index contributed by atoms with van der Waals surface area (Å²) in [6.07, 6.45) is 1.45. The van der Waals surface area contributed by atoms with Crippen molar-refractivity contribution >= 4 is 28.4 Å². The number of hydrogen-bond donors (Lipinski definition) is 3. The van der Waals surface area contributed by atoms with Gasteiger partial charge in [0.05, 0.1) is 6.04 Å². The summed E-state index contributed by atoms with van der Waals surface area (Å²) in [6.45, 7) is 3.23. The van der Waals surface area contributed by atoms with Gasteiger partial charge in [-0.2, -0.15) is 0 Å². The monoisotopic (exact) mass is 390 g/mol. The smallest absolute Gasteiger partial charge is 0.234 e. The average molecular weight is 390 g/mol. The lowest BCUT2D eigenvalue weighted by atomic mass is 9.94. The lowest BCUT2D eigenvalue weighted by Gasteiger charge is -2.34. The van der Waals surface area contributed by atoms with Crippen LogP contribution in [0.4, 0.5) is 5.69 Å². The van der Waals surface area contributed by atoms with Crippen LogP contribution in [-0.2, 0) is 9.59 Å². The molecule has 0 aliphatic carbocycles. The van der Waals surface area contributed by atoms with Crippen LogP contribution in [0.15, 0.2) is 54.6 Å². The molecule has 150 valence electrons. The van der Waals surface area contributed by atoms with Gasteiger partial charge in [0.1, 0.15) is 0 Å². The number of nitrogens with two attached hydrogens (primary N) is 1. The number of anilines is 1. The van der Waals surface area contributed by atoms with E-state index >= 15 is 0 Å². The minimum absolute atomic E-state index is 0.0326. The van der Waals surface area contributed by atoms with Crippen LogP contribution in [0.1, 0.15) is 19.8 Å². The molecule has 1 aliphatic heterocycles. The van der Waals surface area contributed by atoms with Crippen LogP contribution in [0.2, 0.25) is 0 Å². The third-order valence-electron chi connectivity index (χ3n) is 5.83. The van der Waals surface area contributed by atoms with Gasteiger partial charge < -0.3 is 16.0 Å². The first-order chi connectivity index (χ1) is 14.0. The largest absolute Gasteiger partial charge is 0.368 e. The number of hydrogen-bond acceptors (Lipinski definition) is 3. The maximum absolute atomic E-state index is 12.7. The average Bonchev–Trinajstić information content (AvgIpc) is 3.18. The molecule has 0 spiro atoms. The lowest BCUT2D eigenvalue weighted by Crippen LogP contribution is -2.47. The number of rotatable bonds is 5. The minimum Gasteiger partial charge on any atom is -0.368 e. The van der Waals surface area contributed by atoms with Crippen molar-refractivity contribution in [2.24, 2.45) is 11.7 Å². The van der Waals surface area contributed by atoms with E-state index in [-0.39, 0.29) is 23.8 Å². The van der Waals surface area contributed by atoms with E-state index in [9.17, 15) is 9.59 Å². The van der Waals surface area contributed by atoms with Crippen molar-refractivity contribution in [1.29, 1.82) is 0 Å². The Hall–Kier alpha value is -3.12. The molecule has 4 rings (SSSR count). The lowest BCUT2D eigenvalue weighted by molar-refractivity contribution is -0.124. The summed E-state index contributed by atoms with van der Waals surface area (Å²) in [5, 5.41) is 4.22. The predicted molar refractivity (Wildman–Crippen MR) is 115 cm³/mol. The van der Waals surface area contributed by atoms with Crippen LogP contribution in [0.5, 0.6) is 0 Å². The molecule has 2 amide bonds. The summed E-state index contributed by atoms with van der Waals surface area (Å²) in [6, 6.07) is 17.9. The van der Waals surface area contributed by atoms with Gasteiger partial charge in [0, 0.05) is 33.8 Å². The topological polar surface area (TPSA) is 91.2 Å². The Labute approximate surface area is 170 Å². The summed E-state index contributed by atoms with van der Waals surface area (Å²) in [4.78, 5) is 29.6. The summed E-state index contributed by atoms with van der Waals surface area (Å²) in [5.41, 5.74) is 9.33. The van der Waals surface area contributed by atoms with Crippen molar-refractivity contribution in [1.82, 2.24) is 9.88 Å². The maximum atomic E-state index is 12.7. The molecular formula is C23H26N4O2. The molecular weight excluding hydrogens is 364 g/mol. The SMILES string of the molecule is CC(C(N)=O)N1CCC(C(=O)Nc2cccc(-c3cc4ccccc4[nH]3)c2)CC1. The van der Waals surface area contributed by atoms with Gasteiger partial charge in [-0.15, -0.1) is 0 Å². The number of aromatic amines is 1. The fourth-order valence-electron chi connectivity index (χ4n) is 3.97. The molecule has 29 heavy (non-hydrogen) atoms. The van der Waals surface area contributed by atoms with Crippen molar-refractivity contribution in [3.8, 4) is 11.3 Å². The third-order valence-corrected chi connectivity index (χ3v) is 5.83. The second-order valence-corrected chi connectivity index (χ2v) is 7.73. The van der Waals surface area contributed by atoms with E-state index in [1.165, 1.54) is 0 Å². The van der Waals surface area contributed by atoms with Gasteiger partial charge in [-0.25, -0.2) is 0 Å². The van der Waals surface area contributed by atoms with E-state index in [0.29, 0.717) is 13.1 Å². The molecule has 0 saturated carbocycles.